The minimum Gasteiger partial charge on any atom is -0.399 e. The first kappa shape index (κ1) is 14.4. The van der Waals surface area contributed by atoms with Gasteiger partial charge >= 0.3 is 0 Å². The van der Waals surface area contributed by atoms with E-state index >= 15 is 0 Å². The lowest BCUT2D eigenvalue weighted by Gasteiger charge is -2.39. The van der Waals surface area contributed by atoms with Crippen LogP contribution in [0, 0.1) is 23.7 Å². The number of carbonyl (C=O) groups excluding carboxylic acids is 1. The average molecular weight is 286 g/mol. The number of carbonyl (C=O) groups is 1. The topological polar surface area (TPSA) is 55.1 Å². The molecule has 0 aromatic heterocycles. The molecule has 0 saturated heterocycles. The van der Waals surface area contributed by atoms with Crippen molar-refractivity contribution in [2.45, 2.75) is 53.0 Å². The quantitative estimate of drug-likeness (QED) is 0.817. The van der Waals surface area contributed by atoms with Crippen LogP contribution in [0.15, 0.2) is 18.2 Å². The minimum absolute atomic E-state index is 0.0139. The first-order chi connectivity index (χ1) is 9.74. The number of anilines is 1. The predicted octanol–water partition coefficient (Wildman–Crippen LogP) is 3.52. The van der Waals surface area contributed by atoms with Gasteiger partial charge < -0.3 is 11.1 Å². The van der Waals surface area contributed by atoms with E-state index in [1.54, 1.807) is 6.07 Å². The Morgan fingerprint density at radius 3 is 2.52 bits per heavy atom. The highest BCUT2D eigenvalue weighted by Crippen LogP contribution is 2.65. The van der Waals surface area contributed by atoms with Gasteiger partial charge in [0.25, 0.3) is 5.91 Å². The second-order valence-corrected chi connectivity index (χ2v) is 7.77. The number of benzene rings is 1. The number of amides is 1. The molecule has 3 N–H and O–H groups in total. The van der Waals surface area contributed by atoms with Crippen molar-refractivity contribution in [3.05, 3.63) is 29.3 Å². The molecular weight excluding hydrogens is 260 g/mol. The number of rotatable bonds is 2. The number of fused-ring (bicyclic) bond motifs is 2. The lowest BCUT2D eigenvalue weighted by atomic mass is 9.69. The third kappa shape index (κ3) is 2.05. The first-order valence-corrected chi connectivity index (χ1v) is 7.92. The minimum atomic E-state index is 0.0139. The number of nitrogens with two attached hydrogens (primary N) is 1. The summed E-state index contributed by atoms with van der Waals surface area (Å²) in [5, 5.41) is 3.28. The van der Waals surface area contributed by atoms with E-state index in [0.717, 1.165) is 17.9 Å². The lowest BCUT2D eigenvalue weighted by Crippen LogP contribution is -2.46. The van der Waals surface area contributed by atoms with E-state index in [1.807, 2.05) is 19.1 Å². The fourth-order valence-electron chi connectivity index (χ4n) is 4.61. The highest BCUT2D eigenvalue weighted by Gasteiger charge is 2.61. The maximum atomic E-state index is 12.6. The molecule has 1 aromatic rings. The fourth-order valence-corrected chi connectivity index (χ4v) is 4.61. The zero-order valence-electron chi connectivity index (χ0n) is 13.5. The Bertz CT molecular complexity index is 573. The molecule has 2 saturated carbocycles. The van der Waals surface area contributed by atoms with Gasteiger partial charge in [-0.05, 0) is 66.7 Å². The van der Waals surface area contributed by atoms with Gasteiger partial charge in [-0.1, -0.05) is 20.8 Å². The van der Waals surface area contributed by atoms with Crippen LogP contribution >= 0.6 is 0 Å². The summed E-state index contributed by atoms with van der Waals surface area (Å²) in [5.41, 5.74) is 8.74. The molecule has 21 heavy (non-hydrogen) atoms. The number of hydrogen-bond acceptors (Lipinski definition) is 2. The molecule has 2 fully saturated rings. The molecular formula is C18H26N2O. The molecule has 3 unspecified atom stereocenters. The van der Waals surface area contributed by atoms with E-state index in [1.165, 1.54) is 12.8 Å². The summed E-state index contributed by atoms with van der Waals surface area (Å²) < 4.78 is 0. The van der Waals surface area contributed by atoms with Gasteiger partial charge in [-0.25, -0.2) is 0 Å². The molecule has 3 nitrogen and oxygen atoms in total. The molecule has 0 spiro atoms. The summed E-state index contributed by atoms with van der Waals surface area (Å²) in [6.07, 6.45) is 3.62. The molecule has 3 rings (SSSR count). The Morgan fingerprint density at radius 2 is 2.00 bits per heavy atom. The van der Waals surface area contributed by atoms with E-state index < -0.39 is 0 Å². The van der Waals surface area contributed by atoms with Crippen molar-refractivity contribution < 1.29 is 4.79 Å². The van der Waals surface area contributed by atoms with Gasteiger partial charge in [0, 0.05) is 17.3 Å². The van der Waals surface area contributed by atoms with Crippen LogP contribution in [0.3, 0.4) is 0 Å². The molecule has 2 aliphatic rings. The second-order valence-electron chi connectivity index (χ2n) is 7.77. The van der Waals surface area contributed by atoms with Crippen molar-refractivity contribution in [1.29, 1.82) is 0 Å². The zero-order valence-corrected chi connectivity index (χ0v) is 13.5. The Morgan fingerprint density at radius 1 is 1.29 bits per heavy atom. The summed E-state index contributed by atoms with van der Waals surface area (Å²) in [7, 11) is 0. The Labute approximate surface area is 127 Å². The number of nitrogens with one attached hydrogen (secondary N) is 1. The summed E-state index contributed by atoms with van der Waals surface area (Å²) in [5.74, 6) is 0.746. The second kappa shape index (κ2) is 4.49. The number of hydrogen-bond donors (Lipinski definition) is 2. The number of nitrogen functional groups attached to an aromatic ring is 1. The largest absolute Gasteiger partial charge is 0.399 e. The van der Waals surface area contributed by atoms with Crippen molar-refractivity contribution in [2.75, 3.05) is 5.73 Å². The first-order valence-electron chi connectivity index (χ1n) is 7.92. The van der Waals surface area contributed by atoms with Crippen LogP contribution in [-0.4, -0.2) is 11.9 Å². The third-order valence-corrected chi connectivity index (χ3v) is 6.46. The van der Waals surface area contributed by atoms with Crippen molar-refractivity contribution in [2.24, 2.45) is 16.7 Å². The van der Waals surface area contributed by atoms with Gasteiger partial charge in [0.05, 0.1) is 0 Å². The van der Waals surface area contributed by atoms with E-state index in [0.29, 0.717) is 16.7 Å². The van der Waals surface area contributed by atoms with Crippen LogP contribution in [0.5, 0.6) is 0 Å². The fraction of sp³-hybridized carbons (Fsp3) is 0.611. The van der Waals surface area contributed by atoms with E-state index in [-0.39, 0.29) is 17.4 Å². The molecule has 3 atom stereocenters. The molecule has 1 amide bonds. The Hall–Kier alpha value is -1.51. The lowest BCUT2D eigenvalue weighted by molar-refractivity contribution is 0.0826. The summed E-state index contributed by atoms with van der Waals surface area (Å²) in [6.45, 7) is 9.04. The van der Waals surface area contributed by atoms with E-state index in [9.17, 15) is 4.79 Å². The molecule has 2 aliphatic carbocycles. The monoisotopic (exact) mass is 286 g/mol. The van der Waals surface area contributed by atoms with E-state index in [4.69, 9.17) is 5.73 Å². The van der Waals surface area contributed by atoms with Gasteiger partial charge in [-0.3, -0.25) is 4.79 Å². The zero-order chi connectivity index (χ0) is 15.4. The maximum Gasteiger partial charge on any atom is 0.251 e. The maximum absolute atomic E-state index is 12.6. The average Bonchev–Trinajstić information content (AvgIpc) is 2.70. The van der Waals surface area contributed by atoms with Crippen LogP contribution in [-0.2, 0) is 0 Å². The van der Waals surface area contributed by atoms with Crippen molar-refractivity contribution in [1.82, 2.24) is 5.32 Å². The van der Waals surface area contributed by atoms with Gasteiger partial charge in [0.15, 0.2) is 0 Å². The standard InChI is InChI=1S/C18H26N2O/c1-11-7-12(9-14(19)8-11)16(21)20-15-10-13-5-6-18(15,4)17(13,2)3/h7-9,13,15H,5-6,10,19H2,1-4H3,(H,20,21). The smallest absolute Gasteiger partial charge is 0.251 e. The van der Waals surface area contributed by atoms with Gasteiger partial charge in [-0.15, -0.1) is 0 Å². The molecule has 114 valence electrons. The Kier molecular flexibility index (Phi) is 3.09. The summed E-state index contributed by atoms with van der Waals surface area (Å²) >= 11 is 0. The molecule has 0 radical (unpaired) electrons. The van der Waals surface area contributed by atoms with Crippen molar-refractivity contribution in [3.63, 3.8) is 0 Å². The van der Waals surface area contributed by atoms with Gasteiger partial charge in [-0.2, -0.15) is 0 Å². The van der Waals surface area contributed by atoms with Crippen LogP contribution < -0.4 is 11.1 Å². The highest BCUT2D eigenvalue weighted by molar-refractivity contribution is 5.95. The molecule has 0 aliphatic heterocycles. The molecule has 0 heterocycles. The van der Waals surface area contributed by atoms with Crippen LogP contribution in [0.25, 0.3) is 0 Å². The number of aryl methyl sites for hydroxylation is 1. The third-order valence-electron chi connectivity index (χ3n) is 6.46. The predicted molar refractivity (Wildman–Crippen MR) is 86.1 cm³/mol. The van der Waals surface area contributed by atoms with Crippen LogP contribution in [0.4, 0.5) is 5.69 Å². The summed E-state index contributed by atoms with van der Waals surface area (Å²) in [4.78, 5) is 12.6. The SMILES string of the molecule is Cc1cc(N)cc(C(=O)NC2CC3CCC2(C)C3(C)C)c1. The van der Waals surface area contributed by atoms with Crippen LogP contribution in [0.1, 0.15) is 56.0 Å². The van der Waals surface area contributed by atoms with Gasteiger partial charge in [0.1, 0.15) is 0 Å². The van der Waals surface area contributed by atoms with Crippen LogP contribution in [0.2, 0.25) is 0 Å². The highest BCUT2D eigenvalue weighted by atomic mass is 16.1. The van der Waals surface area contributed by atoms with Crippen molar-refractivity contribution in [3.8, 4) is 0 Å². The molecule has 3 heteroatoms. The molecule has 1 aromatic carbocycles. The summed E-state index contributed by atoms with van der Waals surface area (Å²) in [6, 6.07) is 5.84. The van der Waals surface area contributed by atoms with E-state index in [2.05, 4.69) is 26.1 Å². The Balaban J connectivity index is 1.80. The van der Waals surface area contributed by atoms with Gasteiger partial charge in [0.2, 0.25) is 0 Å². The normalized spacial score (nSPS) is 33.1. The molecule has 2 bridgehead atoms. The van der Waals surface area contributed by atoms with Crippen molar-refractivity contribution >= 4 is 11.6 Å².